The standard InChI is InChI=1S/C20H19NO3Se/c1-23-17-9-10-18(24-2)16-12-20(13-21,19(22)11-8-15(16)17)25-14-6-4-3-5-7-14/h3-7,9-10H,8,11-12H2,1-2H3. The van der Waals surface area contributed by atoms with Crippen molar-refractivity contribution in [2.24, 2.45) is 0 Å². The van der Waals surface area contributed by atoms with Crippen molar-refractivity contribution in [3.63, 3.8) is 0 Å². The zero-order valence-corrected chi connectivity index (χ0v) is 16.0. The second-order valence-electron chi connectivity index (χ2n) is 5.88. The van der Waals surface area contributed by atoms with Crippen molar-refractivity contribution in [2.45, 2.75) is 23.6 Å². The number of fused-ring (bicyclic) bond motifs is 1. The zero-order valence-electron chi connectivity index (χ0n) is 14.2. The molecular formula is C20H19NO3Se. The van der Waals surface area contributed by atoms with Crippen LogP contribution in [0.25, 0.3) is 0 Å². The van der Waals surface area contributed by atoms with Crippen LogP contribution < -0.4 is 13.9 Å². The van der Waals surface area contributed by atoms with Gasteiger partial charge in [0, 0.05) is 0 Å². The molecule has 0 heterocycles. The van der Waals surface area contributed by atoms with Gasteiger partial charge in [0.2, 0.25) is 0 Å². The molecule has 5 heteroatoms. The van der Waals surface area contributed by atoms with Gasteiger partial charge in [-0.05, 0) is 0 Å². The Morgan fingerprint density at radius 2 is 1.64 bits per heavy atom. The number of nitriles is 1. The van der Waals surface area contributed by atoms with Crippen LogP contribution in [0, 0.1) is 11.3 Å². The average Bonchev–Trinajstić information content (AvgIpc) is 2.79. The molecular weight excluding hydrogens is 381 g/mol. The maximum atomic E-state index is 13.0. The first kappa shape index (κ1) is 17.5. The number of nitrogens with zero attached hydrogens (tertiary/aromatic N) is 1. The molecule has 1 aliphatic carbocycles. The summed E-state index contributed by atoms with van der Waals surface area (Å²) in [5.41, 5.74) is 1.91. The van der Waals surface area contributed by atoms with E-state index in [2.05, 4.69) is 6.07 Å². The van der Waals surface area contributed by atoms with Crippen molar-refractivity contribution in [1.82, 2.24) is 0 Å². The third kappa shape index (κ3) is 3.28. The first-order valence-electron chi connectivity index (χ1n) is 8.05. The fourth-order valence-electron chi connectivity index (χ4n) is 3.20. The van der Waals surface area contributed by atoms with Gasteiger partial charge in [0.15, 0.2) is 0 Å². The van der Waals surface area contributed by atoms with Gasteiger partial charge in [-0.25, -0.2) is 0 Å². The van der Waals surface area contributed by atoms with Crippen LogP contribution >= 0.6 is 0 Å². The quantitative estimate of drug-likeness (QED) is 0.585. The van der Waals surface area contributed by atoms with Crippen LogP contribution in [0.2, 0.25) is 4.31 Å². The number of hydrogen-bond donors (Lipinski definition) is 0. The molecule has 0 spiro atoms. The summed E-state index contributed by atoms with van der Waals surface area (Å²) in [6.07, 6.45) is 1.29. The monoisotopic (exact) mass is 401 g/mol. The minimum atomic E-state index is -1.01. The molecule has 0 aliphatic heterocycles. The van der Waals surface area contributed by atoms with E-state index in [4.69, 9.17) is 9.47 Å². The Kier molecular flexibility index (Phi) is 5.13. The Balaban J connectivity index is 2.10. The number of Topliss-reactive ketones (excluding diaryl/α,β-unsaturated/α-hetero) is 1. The van der Waals surface area contributed by atoms with Crippen LogP contribution in [0.5, 0.6) is 11.5 Å². The molecule has 2 aromatic carbocycles. The number of carbonyl (C=O) groups is 1. The van der Waals surface area contributed by atoms with Crippen LogP contribution in [-0.4, -0.2) is 35.0 Å². The molecule has 0 radical (unpaired) electrons. The molecule has 3 rings (SSSR count). The van der Waals surface area contributed by atoms with Gasteiger partial charge in [0.05, 0.1) is 0 Å². The Morgan fingerprint density at radius 3 is 2.24 bits per heavy atom. The molecule has 2 aromatic rings. The van der Waals surface area contributed by atoms with Gasteiger partial charge >= 0.3 is 154 Å². The van der Waals surface area contributed by atoms with Gasteiger partial charge in [-0.15, -0.1) is 0 Å². The van der Waals surface area contributed by atoms with Gasteiger partial charge < -0.3 is 0 Å². The summed E-state index contributed by atoms with van der Waals surface area (Å²) in [7, 11) is 3.24. The Morgan fingerprint density at radius 1 is 1.00 bits per heavy atom. The van der Waals surface area contributed by atoms with Crippen LogP contribution in [0.4, 0.5) is 0 Å². The third-order valence-electron chi connectivity index (χ3n) is 4.48. The summed E-state index contributed by atoms with van der Waals surface area (Å²) in [6, 6.07) is 15.9. The first-order valence-corrected chi connectivity index (χ1v) is 9.76. The molecule has 0 fully saturated rings. The molecule has 0 amide bonds. The van der Waals surface area contributed by atoms with Crippen molar-refractivity contribution in [3.05, 3.63) is 53.6 Å². The molecule has 25 heavy (non-hydrogen) atoms. The van der Waals surface area contributed by atoms with Crippen LogP contribution in [0.3, 0.4) is 0 Å². The molecule has 1 aliphatic rings. The summed E-state index contributed by atoms with van der Waals surface area (Å²) < 4.78 is 11.0. The molecule has 128 valence electrons. The van der Waals surface area contributed by atoms with Crippen molar-refractivity contribution in [1.29, 1.82) is 5.26 Å². The number of ether oxygens (including phenoxy) is 2. The number of ketones is 1. The Hall–Kier alpha value is -2.28. The van der Waals surface area contributed by atoms with E-state index >= 15 is 0 Å². The summed E-state index contributed by atoms with van der Waals surface area (Å²) in [5, 5.41) is 9.99. The first-order chi connectivity index (χ1) is 12.1. The fraction of sp³-hybridized carbons (Fsp3) is 0.300. The topological polar surface area (TPSA) is 59.3 Å². The van der Waals surface area contributed by atoms with E-state index in [0.29, 0.717) is 25.0 Å². The molecule has 0 N–H and O–H groups in total. The molecule has 0 aromatic heterocycles. The van der Waals surface area contributed by atoms with E-state index in [9.17, 15) is 10.1 Å². The van der Waals surface area contributed by atoms with Crippen LogP contribution in [0.1, 0.15) is 17.5 Å². The number of hydrogen-bond acceptors (Lipinski definition) is 4. The molecule has 0 saturated carbocycles. The number of methoxy groups -OCH3 is 2. The average molecular weight is 400 g/mol. The van der Waals surface area contributed by atoms with Crippen molar-refractivity contribution in [2.75, 3.05) is 14.2 Å². The molecule has 0 saturated heterocycles. The second-order valence-corrected chi connectivity index (χ2v) is 8.76. The summed E-state index contributed by atoms with van der Waals surface area (Å²) in [4.78, 5) is 13.0. The van der Waals surface area contributed by atoms with Crippen LogP contribution in [0.15, 0.2) is 42.5 Å². The SMILES string of the molecule is COc1ccc(OC)c2c1CCC(=O)C(C#N)([Se]c1ccccc1)C2. The zero-order chi connectivity index (χ0) is 17.9. The van der Waals surface area contributed by atoms with E-state index in [0.717, 1.165) is 21.3 Å². The van der Waals surface area contributed by atoms with Gasteiger partial charge in [-0.1, -0.05) is 0 Å². The number of carbonyl (C=O) groups excluding carboxylic acids is 1. The Bertz CT molecular complexity index is 829. The molecule has 0 bridgehead atoms. The van der Waals surface area contributed by atoms with E-state index < -0.39 is 4.31 Å². The van der Waals surface area contributed by atoms with Crippen molar-refractivity contribution >= 4 is 25.2 Å². The fourth-order valence-corrected chi connectivity index (χ4v) is 5.66. The van der Waals surface area contributed by atoms with E-state index in [-0.39, 0.29) is 20.7 Å². The van der Waals surface area contributed by atoms with Gasteiger partial charge in [0.25, 0.3) is 0 Å². The predicted octanol–water partition coefficient (Wildman–Crippen LogP) is 2.47. The third-order valence-corrected chi connectivity index (χ3v) is 7.25. The van der Waals surface area contributed by atoms with E-state index in [1.807, 2.05) is 42.5 Å². The van der Waals surface area contributed by atoms with Crippen molar-refractivity contribution < 1.29 is 14.3 Å². The minimum absolute atomic E-state index is 0.0131. The summed E-state index contributed by atoms with van der Waals surface area (Å²) >= 11 is -0.282. The van der Waals surface area contributed by atoms with Crippen molar-refractivity contribution in [3.8, 4) is 17.6 Å². The number of rotatable bonds is 4. The predicted molar refractivity (Wildman–Crippen MR) is 96.7 cm³/mol. The number of benzene rings is 2. The van der Waals surface area contributed by atoms with Gasteiger partial charge in [-0.3, -0.25) is 0 Å². The second kappa shape index (κ2) is 7.31. The molecule has 1 atom stereocenters. The summed E-state index contributed by atoms with van der Waals surface area (Å²) in [6.45, 7) is 0. The molecule has 4 nitrogen and oxygen atoms in total. The Labute approximate surface area is 153 Å². The normalized spacial score (nSPS) is 19.5. The van der Waals surface area contributed by atoms with E-state index in [1.54, 1.807) is 14.2 Å². The van der Waals surface area contributed by atoms with Gasteiger partial charge in [-0.2, -0.15) is 0 Å². The van der Waals surface area contributed by atoms with Crippen LogP contribution in [-0.2, 0) is 17.6 Å². The molecule has 1 unspecified atom stereocenters. The maximum absolute atomic E-state index is 13.0. The summed E-state index contributed by atoms with van der Waals surface area (Å²) in [5.74, 6) is 1.48. The van der Waals surface area contributed by atoms with Gasteiger partial charge in [0.1, 0.15) is 0 Å². The van der Waals surface area contributed by atoms with E-state index in [1.165, 1.54) is 0 Å².